The number of benzene rings is 1. The van der Waals surface area contributed by atoms with Gasteiger partial charge < -0.3 is 0 Å². The van der Waals surface area contributed by atoms with Crippen molar-refractivity contribution in [2.75, 3.05) is 0 Å². The van der Waals surface area contributed by atoms with Gasteiger partial charge >= 0.3 is 0 Å². The average molecular weight is 251 g/mol. The summed E-state index contributed by atoms with van der Waals surface area (Å²) < 4.78 is 0. The quantitative estimate of drug-likeness (QED) is 0.761. The molecule has 2 aromatic rings. The Balaban J connectivity index is 1.53. The third-order valence-electron chi connectivity index (χ3n) is 3.87. The Labute approximate surface area is 113 Å². The van der Waals surface area contributed by atoms with E-state index in [1.807, 2.05) is 18.2 Å². The Hall–Kier alpha value is -1.96. The molecule has 1 aliphatic carbocycles. The van der Waals surface area contributed by atoms with Gasteiger partial charge in [-0.15, -0.1) is 0 Å². The van der Waals surface area contributed by atoms with Gasteiger partial charge in [-0.3, -0.25) is 9.78 Å². The van der Waals surface area contributed by atoms with Crippen LogP contribution in [0.5, 0.6) is 0 Å². The summed E-state index contributed by atoms with van der Waals surface area (Å²) in [5, 5.41) is 0. The number of hydrogen-bond donors (Lipinski definition) is 0. The summed E-state index contributed by atoms with van der Waals surface area (Å²) in [5.74, 6) is 1.10. The van der Waals surface area contributed by atoms with Crippen LogP contribution in [-0.4, -0.2) is 10.8 Å². The van der Waals surface area contributed by atoms with Gasteiger partial charge in [-0.05, 0) is 42.9 Å². The Morgan fingerprint density at radius 2 is 1.84 bits per heavy atom. The van der Waals surface area contributed by atoms with E-state index in [-0.39, 0.29) is 5.92 Å². The second-order valence-corrected chi connectivity index (χ2v) is 5.23. The van der Waals surface area contributed by atoms with Gasteiger partial charge in [0.1, 0.15) is 0 Å². The largest absolute Gasteiger partial charge is 0.294 e. The van der Waals surface area contributed by atoms with Crippen LogP contribution in [0.25, 0.3) is 0 Å². The minimum Gasteiger partial charge on any atom is -0.294 e. The van der Waals surface area contributed by atoms with Crippen molar-refractivity contribution in [3.05, 3.63) is 66.0 Å². The highest BCUT2D eigenvalue weighted by molar-refractivity contribution is 5.99. The highest BCUT2D eigenvalue weighted by atomic mass is 16.1. The normalized spacial score (nSPS) is 21.1. The van der Waals surface area contributed by atoms with Crippen molar-refractivity contribution >= 4 is 5.78 Å². The molecule has 0 aliphatic heterocycles. The number of rotatable bonds is 5. The van der Waals surface area contributed by atoms with Crippen LogP contribution >= 0.6 is 0 Å². The molecule has 0 radical (unpaired) electrons. The van der Waals surface area contributed by atoms with E-state index in [9.17, 15) is 4.79 Å². The van der Waals surface area contributed by atoms with Crippen LogP contribution in [-0.2, 0) is 6.42 Å². The fourth-order valence-corrected chi connectivity index (χ4v) is 2.61. The lowest BCUT2D eigenvalue weighted by Crippen LogP contribution is -2.03. The van der Waals surface area contributed by atoms with Crippen molar-refractivity contribution in [2.24, 2.45) is 11.8 Å². The molecule has 1 aromatic heterocycles. The molecule has 0 saturated heterocycles. The number of carbonyl (C=O) groups is 1. The van der Waals surface area contributed by atoms with Crippen molar-refractivity contribution < 1.29 is 4.79 Å². The maximum absolute atomic E-state index is 12.2. The lowest BCUT2D eigenvalue weighted by Gasteiger charge is -2.01. The summed E-state index contributed by atoms with van der Waals surface area (Å²) in [4.78, 5) is 16.2. The van der Waals surface area contributed by atoms with Gasteiger partial charge in [0.05, 0.1) is 0 Å². The molecule has 1 aromatic carbocycles. The van der Waals surface area contributed by atoms with Gasteiger partial charge in [0.15, 0.2) is 5.78 Å². The van der Waals surface area contributed by atoms with Crippen LogP contribution in [0.1, 0.15) is 28.8 Å². The molecule has 1 fully saturated rings. The predicted molar refractivity (Wildman–Crippen MR) is 74.9 cm³/mol. The Bertz CT molecular complexity index is 550. The van der Waals surface area contributed by atoms with Crippen molar-refractivity contribution in [1.29, 1.82) is 0 Å². The molecule has 1 heterocycles. The first kappa shape index (κ1) is 12.1. The van der Waals surface area contributed by atoms with E-state index in [1.54, 1.807) is 12.4 Å². The minimum absolute atomic E-state index is 0.242. The van der Waals surface area contributed by atoms with Crippen LogP contribution in [0.3, 0.4) is 0 Å². The molecule has 1 saturated carbocycles. The molecule has 2 unspecified atom stereocenters. The van der Waals surface area contributed by atoms with Crippen molar-refractivity contribution in [3.63, 3.8) is 0 Å². The highest BCUT2D eigenvalue weighted by Crippen LogP contribution is 2.44. The van der Waals surface area contributed by atoms with Gasteiger partial charge in [0.25, 0.3) is 0 Å². The summed E-state index contributed by atoms with van der Waals surface area (Å²) in [6.45, 7) is 0. The Morgan fingerprint density at radius 1 is 1.11 bits per heavy atom. The van der Waals surface area contributed by atoms with Crippen LogP contribution in [0, 0.1) is 11.8 Å². The van der Waals surface area contributed by atoms with E-state index in [0.29, 0.717) is 11.7 Å². The van der Waals surface area contributed by atoms with E-state index < -0.39 is 0 Å². The second kappa shape index (κ2) is 5.35. The highest BCUT2D eigenvalue weighted by Gasteiger charge is 2.42. The molecular formula is C17H17NO. The zero-order chi connectivity index (χ0) is 13.1. The Kier molecular flexibility index (Phi) is 3.41. The Morgan fingerprint density at radius 3 is 2.58 bits per heavy atom. The number of pyridine rings is 1. The zero-order valence-electron chi connectivity index (χ0n) is 10.8. The fraction of sp³-hybridized carbons (Fsp3) is 0.294. The lowest BCUT2D eigenvalue weighted by atomic mass is 10.0. The molecule has 0 spiro atoms. The third kappa shape index (κ3) is 2.90. The molecule has 96 valence electrons. The monoisotopic (exact) mass is 251 g/mol. The molecule has 0 N–H and O–H groups in total. The second-order valence-electron chi connectivity index (χ2n) is 5.23. The molecule has 2 heteroatoms. The lowest BCUT2D eigenvalue weighted by molar-refractivity contribution is 0.0960. The molecule has 19 heavy (non-hydrogen) atoms. The van der Waals surface area contributed by atoms with Crippen molar-refractivity contribution in [2.45, 2.75) is 19.3 Å². The average Bonchev–Trinajstić information content (AvgIpc) is 3.26. The van der Waals surface area contributed by atoms with Gasteiger partial charge in [0.2, 0.25) is 0 Å². The molecule has 1 aliphatic rings. The molecule has 0 bridgehead atoms. The summed E-state index contributed by atoms with van der Waals surface area (Å²) in [6, 6.07) is 14.1. The third-order valence-corrected chi connectivity index (χ3v) is 3.87. The summed E-state index contributed by atoms with van der Waals surface area (Å²) in [5.41, 5.74) is 2.17. The minimum atomic E-state index is 0.242. The maximum Gasteiger partial charge on any atom is 0.166 e. The van der Waals surface area contributed by atoms with E-state index in [0.717, 1.165) is 24.8 Å². The van der Waals surface area contributed by atoms with Crippen LogP contribution in [0.4, 0.5) is 0 Å². The summed E-state index contributed by atoms with van der Waals surface area (Å²) >= 11 is 0. The number of Topliss-reactive ketones (excluding diaryl/α,β-unsaturated/α-hetero) is 1. The molecular weight excluding hydrogens is 234 g/mol. The first-order valence-electron chi connectivity index (χ1n) is 6.83. The first-order chi connectivity index (χ1) is 9.34. The van der Waals surface area contributed by atoms with E-state index >= 15 is 0 Å². The van der Waals surface area contributed by atoms with Gasteiger partial charge in [-0.25, -0.2) is 0 Å². The van der Waals surface area contributed by atoms with E-state index in [4.69, 9.17) is 0 Å². The summed E-state index contributed by atoms with van der Waals surface area (Å²) in [7, 11) is 0. The molecule has 2 atom stereocenters. The zero-order valence-corrected chi connectivity index (χ0v) is 10.8. The number of hydrogen-bond acceptors (Lipinski definition) is 2. The molecule has 3 rings (SSSR count). The maximum atomic E-state index is 12.2. The van der Waals surface area contributed by atoms with E-state index in [1.165, 1.54) is 5.56 Å². The number of carbonyl (C=O) groups excluding carboxylic acids is 1. The van der Waals surface area contributed by atoms with Crippen LogP contribution in [0.15, 0.2) is 54.9 Å². The van der Waals surface area contributed by atoms with Crippen LogP contribution in [0.2, 0.25) is 0 Å². The molecule has 0 amide bonds. The van der Waals surface area contributed by atoms with Crippen molar-refractivity contribution in [3.8, 4) is 0 Å². The standard InChI is InChI=1S/C17H17NO/c19-17(14-8-10-18-11-9-14)16-12-15(16)7-6-13-4-2-1-3-5-13/h1-5,8-11,15-16H,6-7,12H2. The number of aromatic nitrogens is 1. The summed E-state index contributed by atoms with van der Waals surface area (Å²) in [6.07, 6.45) is 6.62. The smallest absolute Gasteiger partial charge is 0.166 e. The van der Waals surface area contributed by atoms with Gasteiger partial charge in [-0.1, -0.05) is 30.3 Å². The SMILES string of the molecule is O=C(c1ccncc1)C1CC1CCc1ccccc1. The van der Waals surface area contributed by atoms with Gasteiger partial charge in [-0.2, -0.15) is 0 Å². The number of nitrogens with zero attached hydrogens (tertiary/aromatic N) is 1. The molecule has 2 nitrogen and oxygen atoms in total. The van der Waals surface area contributed by atoms with Gasteiger partial charge in [0, 0.05) is 23.9 Å². The number of ketones is 1. The fourth-order valence-electron chi connectivity index (χ4n) is 2.61. The van der Waals surface area contributed by atoms with Crippen molar-refractivity contribution in [1.82, 2.24) is 4.98 Å². The predicted octanol–water partition coefficient (Wildman–Crippen LogP) is 3.53. The van der Waals surface area contributed by atoms with E-state index in [2.05, 4.69) is 29.2 Å². The first-order valence-corrected chi connectivity index (χ1v) is 6.83. The topological polar surface area (TPSA) is 30.0 Å². The number of aryl methyl sites for hydroxylation is 1. The van der Waals surface area contributed by atoms with Crippen LogP contribution < -0.4 is 0 Å².